The number of thioether (sulfide) groups is 1. The highest BCUT2D eigenvalue weighted by molar-refractivity contribution is 8.00. The van der Waals surface area contributed by atoms with Crippen molar-refractivity contribution in [1.29, 1.82) is 0 Å². The summed E-state index contributed by atoms with van der Waals surface area (Å²) in [7, 11) is 0. The van der Waals surface area contributed by atoms with Crippen LogP contribution in [0.2, 0.25) is 0 Å². The molecule has 1 aromatic carbocycles. The van der Waals surface area contributed by atoms with Gasteiger partial charge in [-0.15, -0.1) is 11.8 Å². The summed E-state index contributed by atoms with van der Waals surface area (Å²) >= 11 is 1.55. The number of piperidine rings is 1. The number of nitrogens with zero attached hydrogens (tertiary/aromatic N) is 1. The summed E-state index contributed by atoms with van der Waals surface area (Å²) in [5.74, 6) is 1.93. The summed E-state index contributed by atoms with van der Waals surface area (Å²) < 4.78 is 0. The average molecular weight is 292 g/mol. The monoisotopic (exact) mass is 292 g/mol. The van der Waals surface area contributed by atoms with Crippen molar-refractivity contribution in [1.82, 2.24) is 4.90 Å². The number of hydrogen-bond donors (Lipinski definition) is 1. The summed E-state index contributed by atoms with van der Waals surface area (Å²) in [4.78, 5) is 15.3. The Hall–Kier alpha value is -1.16. The fourth-order valence-electron chi connectivity index (χ4n) is 2.88. The quantitative estimate of drug-likeness (QED) is 0.687. The highest BCUT2D eigenvalue weighted by Gasteiger charge is 2.25. The minimum atomic E-state index is 0.231. The van der Waals surface area contributed by atoms with Crippen LogP contribution in [0.15, 0.2) is 23.1 Å². The van der Waals surface area contributed by atoms with Crippen molar-refractivity contribution in [3.8, 4) is 0 Å². The van der Waals surface area contributed by atoms with Crippen molar-refractivity contribution < 1.29 is 4.79 Å². The lowest BCUT2D eigenvalue weighted by atomic mass is 9.92. The molecule has 2 unspecified atom stereocenters. The predicted octanol–water partition coefficient (Wildman–Crippen LogP) is 3.17. The summed E-state index contributed by atoms with van der Waals surface area (Å²) in [6.07, 6.45) is 1.22. The first-order valence-electron chi connectivity index (χ1n) is 7.23. The van der Waals surface area contributed by atoms with Gasteiger partial charge < -0.3 is 10.6 Å². The van der Waals surface area contributed by atoms with Gasteiger partial charge in [0.1, 0.15) is 0 Å². The van der Waals surface area contributed by atoms with E-state index in [1.54, 1.807) is 11.8 Å². The van der Waals surface area contributed by atoms with Crippen LogP contribution in [0.5, 0.6) is 0 Å². The van der Waals surface area contributed by atoms with E-state index in [-0.39, 0.29) is 5.91 Å². The largest absolute Gasteiger partial charge is 0.398 e. The van der Waals surface area contributed by atoms with Crippen LogP contribution in [0, 0.1) is 18.8 Å². The lowest BCUT2D eigenvalue weighted by molar-refractivity contribution is -0.130. The molecule has 1 saturated heterocycles. The van der Waals surface area contributed by atoms with Gasteiger partial charge in [-0.05, 0) is 36.8 Å². The molecule has 1 aliphatic rings. The van der Waals surface area contributed by atoms with Gasteiger partial charge in [-0.25, -0.2) is 0 Å². The lowest BCUT2D eigenvalue weighted by Crippen LogP contribution is -2.43. The molecule has 20 heavy (non-hydrogen) atoms. The Bertz CT molecular complexity index is 479. The van der Waals surface area contributed by atoms with Gasteiger partial charge in [0.25, 0.3) is 0 Å². The van der Waals surface area contributed by atoms with Crippen LogP contribution in [0.1, 0.15) is 25.8 Å². The number of rotatable bonds is 3. The normalized spacial score (nSPS) is 22.9. The zero-order chi connectivity index (χ0) is 14.7. The van der Waals surface area contributed by atoms with Gasteiger partial charge in [0.15, 0.2) is 0 Å². The molecular formula is C16H24N2OS. The lowest BCUT2D eigenvalue weighted by Gasteiger charge is -2.35. The molecule has 2 atom stereocenters. The van der Waals surface area contributed by atoms with Crippen LogP contribution in [0.3, 0.4) is 0 Å². The number of likely N-dealkylation sites (tertiary alicyclic amines) is 1. The molecule has 3 nitrogen and oxygen atoms in total. The number of benzene rings is 1. The van der Waals surface area contributed by atoms with Gasteiger partial charge in [0.2, 0.25) is 5.91 Å². The third kappa shape index (κ3) is 3.69. The maximum absolute atomic E-state index is 12.3. The Kier molecular flexibility index (Phi) is 4.97. The molecule has 1 aromatic rings. The number of carbonyl (C=O) groups is 1. The number of nitrogens with two attached hydrogens (primary N) is 1. The predicted molar refractivity (Wildman–Crippen MR) is 85.8 cm³/mol. The van der Waals surface area contributed by atoms with E-state index in [1.807, 2.05) is 30.0 Å². The second kappa shape index (κ2) is 6.53. The molecule has 1 aliphatic heterocycles. The Morgan fingerprint density at radius 1 is 1.35 bits per heavy atom. The van der Waals surface area contributed by atoms with E-state index < -0.39 is 0 Å². The van der Waals surface area contributed by atoms with E-state index in [1.165, 1.54) is 6.42 Å². The minimum Gasteiger partial charge on any atom is -0.398 e. The van der Waals surface area contributed by atoms with Gasteiger partial charge in [0.05, 0.1) is 5.75 Å². The first-order valence-corrected chi connectivity index (χ1v) is 8.21. The van der Waals surface area contributed by atoms with Crippen molar-refractivity contribution in [3.05, 3.63) is 23.8 Å². The van der Waals surface area contributed by atoms with E-state index in [9.17, 15) is 4.79 Å². The topological polar surface area (TPSA) is 46.3 Å². The molecule has 0 radical (unpaired) electrons. The molecule has 0 aliphatic carbocycles. The highest BCUT2D eigenvalue weighted by Crippen LogP contribution is 2.28. The number of anilines is 1. The Labute approximate surface area is 125 Å². The average Bonchev–Trinajstić information content (AvgIpc) is 2.39. The maximum Gasteiger partial charge on any atom is 0.232 e. The highest BCUT2D eigenvalue weighted by atomic mass is 32.2. The summed E-state index contributed by atoms with van der Waals surface area (Å²) in [5, 5.41) is 0. The van der Waals surface area contributed by atoms with Crippen LogP contribution in [-0.4, -0.2) is 29.6 Å². The SMILES string of the molecule is Cc1cccc(SCC(=O)N2CC(C)CC(C)C2)c1N. The summed E-state index contributed by atoms with van der Waals surface area (Å²) in [6.45, 7) is 8.23. The number of nitrogen functional groups attached to an aromatic ring is 1. The zero-order valence-electron chi connectivity index (χ0n) is 12.6. The number of amides is 1. The standard InChI is InChI=1S/C16H24N2OS/c1-11-7-12(2)9-18(8-11)15(19)10-20-14-6-4-5-13(3)16(14)17/h4-6,11-12H,7-10,17H2,1-3H3. The molecule has 1 amide bonds. The van der Waals surface area contributed by atoms with Crippen LogP contribution >= 0.6 is 11.8 Å². The van der Waals surface area contributed by atoms with E-state index in [0.717, 1.165) is 29.2 Å². The number of aryl methyl sites for hydroxylation is 1. The van der Waals surface area contributed by atoms with Crippen molar-refractivity contribution in [2.24, 2.45) is 11.8 Å². The number of para-hydroxylation sites is 1. The first-order chi connectivity index (χ1) is 9.47. The second-order valence-corrected chi connectivity index (χ2v) is 7.04. The first kappa shape index (κ1) is 15.2. The van der Waals surface area contributed by atoms with E-state index in [0.29, 0.717) is 17.6 Å². The van der Waals surface area contributed by atoms with Gasteiger partial charge in [-0.3, -0.25) is 4.79 Å². The van der Waals surface area contributed by atoms with Crippen molar-refractivity contribution in [2.75, 3.05) is 24.6 Å². The van der Waals surface area contributed by atoms with Crippen molar-refractivity contribution in [3.63, 3.8) is 0 Å². The van der Waals surface area contributed by atoms with Crippen LogP contribution in [0.25, 0.3) is 0 Å². The second-order valence-electron chi connectivity index (χ2n) is 6.02. The molecule has 2 rings (SSSR count). The zero-order valence-corrected chi connectivity index (χ0v) is 13.4. The van der Waals surface area contributed by atoms with Crippen molar-refractivity contribution in [2.45, 2.75) is 32.1 Å². The number of carbonyl (C=O) groups excluding carboxylic acids is 1. The van der Waals surface area contributed by atoms with Crippen LogP contribution in [-0.2, 0) is 4.79 Å². The molecule has 0 aromatic heterocycles. The molecular weight excluding hydrogens is 268 g/mol. The molecule has 2 N–H and O–H groups in total. The van der Waals surface area contributed by atoms with E-state index in [4.69, 9.17) is 5.73 Å². The third-order valence-corrected chi connectivity index (χ3v) is 4.92. The third-order valence-electron chi connectivity index (χ3n) is 3.86. The van der Waals surface area contributed by atoms with Gasteiger partial charge in [-0.1, -0.05) is 26.0 Å². The number of hydrogen-bond acceptors (Lipinski definition) is 3. The summed E-state index contributed by atoms with van der Waals surface area (Å²) in [5.41, 5.74) is 7.91. The van der Waals surface area contributed by atoms with E-state index in [2.05, 4.69) is 13.8 Å². The van der Waals surface area contributed by atoms with Crippen molar-refractivity contribution >= 4 is 23.4 Å². The van der Waals surface area contributed by atoms with Gasteiger partial charge in [0, 0.05) is 23.7 Å². The molecule has 0 spiro atoms. The molecule has 0 saturated carbocycles. The molecule has 4 heteroatoms. The molecule has 1 fully saturated rings. The molecule has 110 valence electrons. The fourth-order valence-corrected chi connectivity index (χ4v) is 3.83. The Morgan fingerprint density at radius 3 is 2.65 bits per heavy atom. The fraction of sp³-hybridized carbons (Fsp3) is 0.562. The Balaban J connectivity index is 1.93. The molecule has 0 bridgehead atoms. The van der Waals surface area contributed by atoms with E-state index >= 15 is 0 Å². The van der Waals surface area contributed by atoms with Gasteiger partial charge >= 0.3 is 0 Å². The minimum absolute atomic E-state index is 0.231. The summed E-state index contributed by atoms with van der Waals surface area (Å²) in [6, 6.07) is 5.97. The van der Waals surface area contributed by atoms with Crippen LogP contribution in [0.4, 0.5) is 5.69 Å². The smallest absolute Gasteiger partial charge is 0.232 e. The maximum atomic E-state index is 12.3. The Morgan fingerprint density at radius 2 is 2.00 bits per heavy atom. The van der Waals surface area contributed by atoms with Gasteiger partial charge in [-0.2, -0.15) is 0 Å². The molecule has 1 heterocycles. The van der Waals surface area contributed by atoms with Crippen LogP contribution < -0.4 is 5.73 Å².